The fourth-order valence-electron chi connectivity index (χ4n) is 1.59. The van der Waals surface area contributed by atoms with Crippen LogP contribution in [0.3, 0.4) is 0 Å². The van der Waals surface area contributed by atoms with Gasteiger partial charge in [-0.15, -0.1) is 0 Å². The van der Waals surface area contributed by atoms with Crippen LogP contribution in [-0.2, 0) is 4.74 Å². The molecule has 6 nitrogen and oxygen atoms in total. The summed E-state index contributed by atoms with van der Waals surface area (Å²) in [6, 6.07) is 5.13. The minimum atomic E-state index is -0.629. The van der Waals surface area contributed by atoms with Crippen LogP contribution < -0.4 is 10.5 Å². The van der Waals surface area contributed by atoms with Crippen LogP contribution in [0.1, 0.15) is 16.2 Å². The minimum absolute atomic E-state index is 0.0710. The molecule has 0 spiro atoms. The normalized spacial score (nSPS) is 10.2. The van der Waals surface area contributed by atoms with Gasteiger partial charge in [0.05, 0.1) is 12.8 Å². The number of hydrogen-bond acceptors (Lipinski definition) is 6. The highest BCUT2D eigenvalue weighted by Crippen LogP contribution is 2.33. The number of benzene rings is 1. The highest BCUT2D eigenvalue weighted by molar-refractivity contribution is 9.10. The summed E-state index contributed by atoms with van der Waals surface area (Å²) < 4.78 is 11.0. The maximum absolute atomic E-state index is 11.4. The first-order valence-corrected chi connectivity index (χ1v) is 6.45. The van der Waals surface area contributed by atoms with Crippen molar-refractivity contribution in [1.82, 2.24) is 9.97 Å². The summed E-state index contributed by atoms with van der Waals surface area (Å²) >= 11 is 3.35. The van der Waals surface area contributed by atoms with Crippen molar-refractivity contribution in [3.05, 3.63) is 40.3 Å². The molecule has 1 aromatic carbocycles. The SMILES string of the molecule is COC(=O)c1nccc(Oc2c(C)cc(Br)cc2N)n1. The smallest absolute Gasteiger partial charge is 0.376 e. The predicted octanol–water partition coefficient (Wildman–Crippen LogP) is 2.71. The number of methoxy groups -OCH3 is 1. The Hall–Kier alpha value is -2.15. The zero-order valence-electron chi connectivity index (χ0n) is 10.9. The first-order valence-electron chi connectivity index (χ1n) is 5.66. The first-order chi connectivity index (χ1) is 9.51. The van der Waals surface area contributed by atoms with Crippen molar-refractivity contribution in [2.24, 2.45) is 0 Å². The molecule has 0 fully saturated rings. The molecular weight excluding hydrogens is 326 g/mol. The lowest BCUT2D eigenvalue weighted by Crippen LogP contribution is -2.07. The van der Waals surface area contributed by atoms with Crippen molar-refractivity contribution < 1.29 is 14.3 Å². The van der Waals surface area contributed by atoms with E-state index in [1.807, 2.05) is 13.0 Å². The van der Waals surface area contributed by atoms with Crippen LogP contribution in [0, 0.1) is 6.92 Å². The van der Waals surface area contributed by atoms with Crippen molar-refractivity contribution in [2.75, 3.05) is 12.8 Å². The largest absolute Gasteiger partial charge is 0.463 e. The highest BCUT2D eigenvalue weighted by atomic mass is 79.9. The maximum atomic E-state index is 11.4. The number of anilines is 1. The van der Waals surface area contributed by atoms with Crippen molar-refractivity contribution in [3.8, 4) is 11.6 Å². The molecule has 104 valence electrons. The molecule has 20 heavy (non-hydrogen) atoms. The van der Waals surface area contributed by atoms with Gasteiger partial charge < -0.3 is 15.2 Å². The minimum Gasteiger partial charge on any atom is -0.463 e. The first kappa shape index (κ1) is 14.3. The number of ether oxygens (including phenoxy) is 2. The van der Waals surface area contributed by atoms with Gasteiger partial charge in [0.25, 0.3) is 0 Å². The van der Waals surface area contributed by atoms with E-state index in [-0.39, 0.29) is 11.7 Å². The van der Waals surface area contributed by atoms with Crippen LogP contribution in [0.5, 0.6) is 11.6 Å². The topological polar surface area (TPSA) is 87.3 Å². The molecule has 0 aliphatic rings. The molecule has 1 heterocycles. The van der Waals surface area contributed by atoms with Crippen LogP contribution in [0.25, 0.3) is 0 Å². The van der Waals surface area contributed by atoms with E-state index < -0.39 is 5.97 Å². The summed E-state index contributed by atoms with van der Waals surface area (Å²) in [7, 11) is 1.26. The molecule has 0 radical (unpaired) electrons. The third-order valence-electron chi connectivity index (χ3n) is 2.47. The van der Waals surface area contributed by atoms with Crippen LogP contribution in [0.15, 0.2) is 28.9 Å². The van der Waals surface area contributed by atoms with Crippen LogP contribution >= 0.6 is 15.9 Å². The number of halogens is 1. The lowest BCUT2D eigenvalue weighted by Gasteiger charge is -2.11. The molecule has 0 aliphatic carbocycles. The third kappa shape index (κ3) is 3.05. The van der Waals surface area contributed by atoms with Crippen LogP contribution in [0.4, 0.5) is 5.69 Å². The number of nitrogens with zero attached hydrogens (tertiary/aromatic N) is 2. The second kappa shape index (κ2) is 5.87. The number of carbonyl (C=O) groups excluding carboxylic acids is 1. The van der Waals surface area contributed by atoms with E-state index in [1.165, 1.54) is 19.4 Å². The molecule has 7 heteroatoms. The Labute approximate surface area is 124 Å². The standard InChI is InChI=1S/C13H12BrN3O3/c1-7-5-8(14)6-9(15)11(7)20-10-3-4-16-12(17-10)13(18)19-2/h3-6H,15H2,1-2H3. The molecule has 0 atom stereocenters. The summed E-state index contributed by atoms with van der Waals surface area (Å²) in [5.41, 5.74) is 7.21. The molecule has 2 N–H and O–H groups in total. The van der Waals surface area contributed by atoms with Gasteiger partial charge in [-0.1, -0.05) is 15.9 Å². The van der Waals surface area contributed by atoms with Gasteiger partial charge in [-0.2, -0.15) is 4.98 Å². The number of carbonyl (C=O) groups is 1. The lowest BCUT2D eigenvalue weighted by atomic mass is 10.2. The molecule has 0 amide bonds. The third-order valence-corrected chi connectivity index (χ3v) is 2.93. The fraction of sp³-hybridized carbons (Fsp3) is 0.154. The van der Waals surface area contributed by atoms with E-state index in [9.17, 15) is 4.79 Å². The van der Waals surface area contributed by atoms with Crippen molar-refractivity contribution in [1.29, 1.82) is 0 Å². The van der Waals surface area contributed by atoms with Crippen molar-refractivity contribution >= 4 is 27.6 Å². The van der Waals surface area contributed by atoms with E-state index in [1.54, 1.807) is 6.07 Å². The van der Waals surface area contributed by atoms with E-state index in [4.69, 9.17) is 10.5 Å². The molecule has 0 unspecified atom stereocenters. The predicted molar refractivity (Wildman–Crippen MR) is 76.7 cm³/mol. The molecule has 0 aliphatic heterocycles. The average molecular weight is 338 g/mol. The second-order valence-corrected chi connectivity index (χ2v) is 4.87. The summed E-state index contributed by atoms with van der Waals surface area (Å²) in [5, 5.41) is 0. The molecule has 0 bridgehead atoms. The maximum Gasteiger partial charge on any atom is 0.376 e. The molecule has 0 saturated carbocycles. The van der Waals surface area contributed by atoms with Gasteiger partial charge in [0, 0.05) is 16.7 Å². The molecular formula is C13H12BrN3O3. The van der Waals surface area contributed by atoms with Crippen LogP contribution in [0.2, 0.25) is 0 Å². The fourth-order valence-corrected chi connectivity index (χ4v) is 2.18. The Balaban J connectivity index is 2.33. The van der Waals surface area contributed by atoms with Gasteiger partial charge in [-0.25, -0.2) is 9.78 Å². The monoisotopic (exact) mass is 337 g/mol. The van der Waals surface area contributed by atoms with Crippen molar-refractivity contribution in [3.63, 3.8) is 0 Å². The zero-order valence-corrected chi connectivity index (χ0v) is 12.5. The number of hydrogen-bond donors (Lipinski definition) is 1. The Morgan fingerprint density at radius 2 is 2.15 bits per heavy atom. The molecule has 2 aromatic rings. The average Bonchev–Trinajstić information content (AvgIpc) is 2.42. The number of esters is 1. The van der Waals surface area contributed by atoms with Gasteiger partial charge in [-0.3, -0.25) is 0 Å². The van der Waals surface area contributed by atoms with E-state index in [0.717, 1.165) is 10.0 Å². The quantitative estimate of drug-likeness (QED) is 0.684. The van der Waals surface area contributed by atoms with Gasteiger partial charge in [0.15, 0.2) is 5.75 Å². The van der Waals surface area contributed by atoms with E-state index in [2.05, 4.69) is 30.6 Å². The van der Waals surface area contributed by atoms with Gasteiger partial charge in [-0.05, 0) is 24.6 Å². The highest BCUT2D eigenvalue weighted by Gasteiger charge is 2.13. The van der Waals surface area contributed by atoms with Gasteiger partial charge >= 0.3 is 5.97 Å². The Morgan fingerprint density at radius 3 is 2.80 bits per heavy atom. The molecule has 2 rings (SSSR count). The lowest BCUT2D eigenvalue weighted by molar-refractivity contribution is 0.0585. The Morgan fingerprint density at radius 1 is 1.40 bits per heavy atom. The number of nitrogens with two attached hydrogens (primary N) is 1. The van der Waals surface area contributed by atoms with E-state index in [0.29, 0.717) is 11.4 Å². The van der Waals surface area contributed by atoms with Crippen molar-refractivity contribution in [2.45, 2.75) is 6.92 Å². The number of aromatic nitrogens is 2. The number of aryl methyl sites for hydroxylation is 1. The number of rotatable bonds is 3. The number of nitrogen functional groups attached to an aromatic ring is 1. The summed E-state index contributed by atoms with van der Waals surface area (Å²) in [5.74, 6) is 0.00882. The van der Waals surface area contributed by atoms with E-state index >= 15 is 0 Å². The Bertz CT molecular complexity index is 638. The summed E-state index contributed by atoms with van der Waals surface area (Å²) in [6.07, 6.45) is 1.42. The zero-order chi connectivity index (χ0) is 14.7. The molecule has 0 saturated heterocycles. The Kier molecular flexibility index (Phi) is 4.19. The second-order valence-electron chi connectivity index (χ2n) is 3.95. The summed E-state index contributed by atoms with van der Waals surface area (Å²) in [6.45, 7) is 1.86. The van der Waals surface area contributed by atoms with Crippen LogP contribution in [-0.4, -0.2) is 23.0 Å². The molecule has 1 aromatic heterocycles. The summed E-state index contributed by atoms with van der Waals surface area (Å²) in [4.78, 5) is 19.1. The van der Waals surface area contributed by atoms with Gasteiger partial charge in [0.2, 0.25) is 11.7 Å². The van der Waals surface area contributed by atoms with Gasteiger partial charge in [0.1, 0.15) is 0 Å².